The van der Waals surface area contributed by atoms with Crippen molar-refractivity contribution in [2.24, 2.45) is 17.9 Å². The smallest absolute Gasteiger partial charge is 0.262 e. The van der Waals surface area contributed by atoms with Crippen LogP contribution < -0.4 is 14.8 Å². The summed E-state index contributed by atoms with van der Waals surface area (Å²) in [6.45, 7) is 1.66. The summed E-state index contributed by atoms with van der Waals surface area (Å²) in [5, 5.41) is 4.53. The van der Waals surface area contributed by atoms with Crippen LogP contribution in [0.4, 0.5) is 0 Å². The highest BCUT2D eigenvalue weighted by atomic mass is 16.5. The molecular formula is C44H42N6O7. The van der Waals surface area contributed by atoms with Crippen LogP contribution in [0.15, 0.2) is 73.2 Å². The van der Waals surface area contributed by atoms with Crippen molar-refractivity contribution < 1.29 is 33.4 Å². The first-order valence-corrected chi connectivity index (χ1v) is 19.8. The van der Waals surface area contributed by atoms with Crippen LogP contribution in [0.5, 0.6) is 11.6 Å². The van der Waals surface area contributed by atoms with Crippen molar-refractivity contribution in [2.45, 2.75) is 69.9 Å². The molecule has 1 N–H and O–H groups in total. The van der Waals surface area contributed by atoms with Gasteiger partial charge in [0.05, 0.1) is 41.8 Å². The van der Waals surface area contributed by atoms with E-state index in [9.17, 15) is 24.0 Å². The molecule has 57 heavy (non-hydrogen) atoms. The van der Waals surface area contributed by atoms with E-state index in [-0.39, 0.29) is 41.4 Å². The number of aryl methyl sites for hydroxylation is 1. The van der Waals surface area contributed by atoms with Crippen LogP contribution in [-0.2, 0) is 21.4 Å². The van der Waals surface area contributed by atoms with Gasteiger partial charge in [-0.3, -0.25) is 39.2 Å². The summed E-state index contributed by atoms with van der Waals surface area (Å²) in [6, 6.07) is 16.2. The number of hydrogen-bond acceptors (Lipinski definition) is 9. The molecule has 2 saturated heterocycles. The first kappa shape index (κ1) is 35.3. The maximum Gasteiger partial charge on any atom is 0.262 e. The van der Waals surface area contributed by atoms with Crippen molar-refractivity contribution in [1.82, 2.24) is 29.7 Å². The molecule has 1 unspecified atom stereocenters. The van der Waals surface area contributed by atoms with Crippen molar-refractivity contribution >= 4 is 51.3 Å². The topological polar surface area (TPSA) is 153 Å². The summed E-state index contributed by atoms with van der Waals surface area (Å²) < 4.78 is 14.3. The third-order valence-electron chi connectivity index (χ3n) is 12.9. The minimum Gasteiger partial charge on any atom is -0.494 e. The number of benzene rings is 2. The molecule has 5 amide bonds. The highest BCUT2D eigenvalue weighted by Gasteiger charge is 2.71. The zero-order valence-electron chi connectivity index (χ0n) is 31.7. The van der Waals surface area contributed by atoms with E-state index in [0.717, 1.165) is 77.4 Å². The molecule has 3 aliphatic carbocycles. The molecule has 2 aromatic carbocycles. The molecule has 0 spiro atoms. The molecule has 1 atom stereocenters. The van der Waals surface area contributed by atoms with Gasteiger partial charge in [0.25, 0.3) is 11.8 Å². The molecule has 5 fully saturated rings. The Morgan fingerprint density at radius 2 is 1.67 bits per heavy atom. The van der Waals surface area contributed by atoms with E-state index >= 15 is 0 Å². The van der Waals surface area contributed by atoms with Crippen LogP contribution in [-0.4, -0.2) is 85.7 Å². The number of aromatic nitrogens is 3. The number of pyridine rings is 2. The van der Waals surface area contributed by atoms with Crippen LogP contribution in [0, 0.1) is 10.8 Å². The van der Waals surface area contributed by atoms with Gasteiger partial charge in [-0.05, 0) is 85.9 Å². The molecule has 3 aromatic heterocycles. The molecule has 3 aliphatic heterocycles. The SMILES string of the molecule is Cn1c2ccncc2c2ccc(-c3ccc(OC4CN(C(=O)C56CC(CCCCCOc7ccc8c(c7)C(=O)N(C7CCC(=O)NC7=O)C8=O)(C5)C6)C4)nc3)cc21. The number of likely N-dealkylation sites (tertiary alicyclic amines) is 1. The lowest BCUT2D eigenvalue weighted by Crippen LogP contribution is -2.71. The molecule has 6 aliphatic rings. The Morgan fingerprint density at radius 1 is 0.860 bits per heavy atom. The molecule has 5 aromatic rings. The molecule has 3 saturated carbocycles. The van der Waals surface area contributed by atoms with Gasteiger partial charge in [-0.1, -0.05) is 25.0 Å². The Bertz CT molecular complexity index is 2500. The van der Waals surface area contributed by atoms with Crippen molar-refractivity contribution in [3.63, 3.8) is 0 Å². The highest BCUT2D eigenvalue weighted by molar-refractivity contribution is 6.23. The number of rotatable bonds is 12. The van der Waals surface area contributed by atoms with Gasteiger partial charge < -0.3 is 18.9 Å². The molecule has 2 bridgehead atoms. The van der Waals surface area contributed by atoms with Crippen LogP contribution in [0.2, 0.25) is 0 Å². The minimum atomic E-state index is -0.993. The Hall–Kier alpha value is -6.11. The Morgan fingerprint density at radius 3 is 2.46 bits per heavy atom. The van der Waals surface area contributed by atoms with E-state index in [2.05, 4.69) is 45.1 Å². The highest BCUT2D eigenvalue weighted by Crippen LogP contribution is 2.75. The normalized spacial score (nSPS) is 23.9. The summed E-state index contributed by atoms with van der Waals surface area (Å²) in [6.07, 6.45) is 12.6. The van der Waals surface area contributed by atoms with E-state index in [0.29, 0.717) is 36.7 Å². The fourth-order valence-corrected chi connectivity index (χ4v) is 10.0. The monoisotopic (exact) mass is 766 g/mol. The van der Waals surface area contributed by atoms with Gasteiger partial charge in [-0.15, -0.1) is 0 Å². The lowest BCUT2D eigenvalue weighted by atomic mass is 9.33. The van der Waals surface area contributed by atoms with Crippen molar-refractivity contribution in [3.05, 3.63) is 84.3 Å². The third kappa shape index (κ3) is 5.85. The number of unbranched alkanes of at least 4 members (excludes halogenated alkanes) is 2. The second kappa shape index (κ2) is 13.2. The van der Waals surface area contributed by atoms with Crippen LogP contribution in [0.1, 0.15) is 78.5 Å². The molecule has 13 heteroatoms. The standard InChI is InChI=1S/C44H42N6O7/c1-48-34-13-15-45-20-33(34)30-8-5-26(17-36(30)48)27-6-12-38(46-19-27)57-29-21-49(22-29)42(55)44-23-43(24-44,25-44)14-3-2-4-16-56-28-7-9-31-32(18-28)41(54)50(40(31)53)35-10-11-37(51)47-39(35)52/h5-9,12-13,15,17-20,29,35H,2-4,10-11,14,16,21-25H2,1H3,(H,47,51,52). The largest absolute Gasteiger partial charge is 0.494 e. The molecule has 13 nitrogen and oxygen atoms in total. The van der Waals surface area contributed by atoms with Crippen LogP contribution in [0.3, 0.4) is 0 Å². The first-order valence-electron chi connectivity index (χ1n) is 19.8. The number of nitrogens with zero attached hydrogens (tertiary/aromatic N) is 5. The fraction of sp³-hybridized carbons (Fsp3) is 0.386. The zero-order chi connectivity index (χ0) is 39.1. The number of hydrogen-bond donors (Lipinski definition) is 1. The lowest BCUT2D eigenvalue weighted by molar-refractivity contribution is -0.224. The van der Waals surface area contributed by atoms with Gasteiger partial charge in [0.1, 0.15) is 17.9 Å². The van der Waals surface area contributed by atoms with E-state index in [4.69, 9.17) is 9.47 Å². The van der Waals surface area contributed by atoms with E-state index in [1.165, 1.54) is 5.39 Å². The Labute approximate surface area is 328 Å². The predicted molar refractivity (Wildman–Crippen MR) is 208 cm³/mol. The summed E-state index contributed by atoms with van der Waals surface area (Å²) in [4.78, 5) is 75.1. The van der Waals surface area contributed by atoms with Gasteiger partial charge >= 0.3 is 0 Å². The van der Waals surface area contributed by atoms with E-state index < -0.39 is 29.7 Å². The second-order valence-corrected chi connectivity index (χ2v) is 16.6. The maximum atomic E-state index is 13.4. The maximum absolute atomic E-state index is 13.4. The number of nitrogens with one attached hydrogen (secondary N) is 1. The van der Waals surface area contributed by atoms with Crippen molar-refractivity contribution in [1.29, 1.82) is 0 Å². The van der Waals surface area contributed by atoms with E-state index in [1.807, 2.05) is 41.7 Å². The number of imide groups is 2. The predicted octanol–water partition coefficient (Wildman–Crippen LogP) is 5.59. The van der Waals surface area contributed by atoms with Crippen LogP contribution in [0.25, 0.3) is 32.9 Å². The second-order valence-electron chi connectivity index (χ2n) is 16.6. The van der Waals surface area contributed by atoms with Gasteiger partial charge in [0.15, 0.2) is 0 Å². The summed E-state index contributed by atoms with van der Waals surface area (Å²) in [5.41, 5.74) is 4.95. The average molecular weight is 767 g/mol. The molecule has 290 valence electrons. The summed E-state index contributed by atoms with van der Waals surface area (Å²) in [7, 11) is 2.07. The fourth-order valence-electron chi connectivity index (χ4n) is 10.0. The number of amides is 5. The van der Waals surface area contributed by atoms with Crippen LogP contribution >= 0.6 is 0 Å². The van der Waals surface area contributed by atoms with Crippen molar-refractivity contribution in [3.8, 4) is 22.8 Å². The lowest BCUT2D eigenvalue weighted by Gasteiger charge is -2.71. The van der Waals surface area contributed by atoms with Gasteiger partial charge in [-0.25, -0.2) is 4.98 Å². The summed E-state index contributed by atoms with van der Waals surface area (Å²) in [5.74, 6) is -0.770. The first-order chi connectivity index (χ1) is 27.6. The molecule has 0 radical (unpaired) electrons. The number of carbonyl (C=O) groups is 5. The number of fused-ring (bicyclic) bond motifs is 4. The average Bonchev–Trinajstić information content (AvgIpc) is 3.59. The quantitative estimate of drug-likeness (QED) is 0.127. The van der Waals surface area contributed by atoms with Crippen molar-refractivity contribution in [2.75, 3.05) is 19.7 Å². The summed E-state index contributed by atoms with van der Waals surface area (Å²) >= 11 is 0. The van der Waals surface area contributed by atoms with Gasteiger partial charge in [-0.2, -0.15) is 0 Å². The number of ether oxygens (including phenoxy) is 2. The third-order valence-corrected chi connectivity index (χ3v) is 12.9. The number of carbonyl (C=O) groups excluding carboxylic acids is 5. The Kier molecular flexibility index (Phi) is 8.21. The number of piperidine rings is 1. The molecule has 6 heterocycles. The molecular weight excluding hydrogens is 725 g/mol. The van der Waals surface area contributed by atoms with E-state index in [1.54, 1.807) is 18.2 Å². The Balaban J connectivity index is 0.638. The van der Waals surface area contributed by atoms with Gasteiger partial charge in [0, 0.05) is 60.0 Å². The molecule has 11 rings (SSSR count). The minimum absolute atomic E-state index is 0.0519. The zero-order valence-corrected chi connectivity index (χ0v) is 31.7. The van der Waals surface area contributed by atoms with Gasteiger partial charge in [0.2, 0.25) is 23.6 Å².